The second-order valence-corrected chi connectivity index (χ2v) is 2.24. The Balaban J connectivity index is 4.18. The molecule has 0 rings (SSSR count). The van der Waals surface area contributed by atoms with Gasteiger partial charge in [-0.2, -0.15) is 0 Å². The SMILES string of the molecule is NCCC(CCN)(N=O)N=O. The zero-order valence-electron chi connectivity index (χ0n) is 6.19. The summed E-state index contributed by atoms with van der Waals surface area (Å²) in [7, 11) is 0. The normalized spacial score (nSPS) is 11.1. The Kier molecular flexibility index (Phi) is 4.47. The van der Waals surface area contributed by atoms with Gasteiger partial charge in [-0.3, -0.25) is 0 Å². The van der Waals surface area contributed by atoms with Crippen molar-refractivity contribution in [2.45, 2.75) is 18.5 Å². The maximum absolute atomic E-state index is 10.2. The molecule has 6 heteroatoms. The van der Waals surface area contributed by atoms with Crippen molar-refractivity contribution in [3.63, 3.8) is 0 Å². The lowest BCUT2D eigenvalue weighted by molar-refractivity contribution is 0.389. The molecular weight excluding hydrogens is 148 g/mol. The average molecular weight is 160 g/mol. The van der Waals surface area contributed by atoms with E-state index in [-0.39, 0.29) is 25.9 Å². The smallest absolute Gasteiger partial charge is 0.234 e. The van der Waals surface area contributed by atoms with E-state index in [4.69, 9.17) is 11.5 Å². The third-order valence-corrected chi connectivity index (χ3v) is 1.43. The molecule has 6 nitrogen and oxygen atoms in total. The van der Waals surface area contributed by atoms with Crippen LogP contribution in [0.1, 0.15) is 12.8 Å². The number of nitrogens with zero attached hydrogens (tertiary/aromatic N) is 2. The van der Waals surface area contributed by atoms with Gasteiger partial charge in [0.2, 0.25) is 5.66 Å². The van der Waals surface area contributed by atoms with E-state index >= 15 is 0 Å². The van der Waals surface area contributed by atoms with Crippen molar-refractivity contribution in [3.05, 3.63) is 9.81 Å². The first-order chi connectivity index (χ1) is 5.24. The predicted molar refractivity (Wildman–Crippen MR) is 41.7 cm³/mol. The number of nitrogens with two attached hydrogens (primary N) is 2. The van der Waals surface area contributed by atoms with E-state index in [0.29, 0.717) is 0 Å². The summed E-state index contributed by atoms with van der Waals surface area (Å²) < 4.78 is 0. The molecule has 0 atom stereocenters. The zero-order valence-corrected chi connectivity index (χ0v) is 6.19. The summed E-state index contributed by atoms with van der Waals surface area (Å²) in [5.74, 6) is 0. The quantitative estimate of drug-likeness (QED) is 0.529. The van der Waals surface area contributed by atoms with Crippen molar-refractivity contribution in [1.82, 2.24) is 0 Å². The molecule has 0 saturated heterocycles. The molecule has 0 aliphatic rings. The van der Waals surface area contributed by atoms with Crippen LogP contribution < -0.4 is 11.5 Å². The molecule has 0 fully saturated rings. The van der Waals surface area contributed by atoms with Crippen molar-refractivity contribution in [2.75, 3.05) is 13.1 Å². The van der Waals surface area contributed by atoms with E-state index in [9.17, 15) is 9.81 Å². The van der Waals surface area contributed by atoms with Crippen LogP contribution in [0, 0.1) is 9.81 Å². The monoisotopic (exact) mass is 160 g/mol. The Hall–Kier alpha value is -0.880. The highest BCUT2D eigenvalue weighted by atomic mass is 16.3. The van der Waals surface area contributed by atoms with Gasteiger partial charge in [-0.1, -0.05) is 0 Å². The van der Waals surface area contributed by atoms with Crippen molar-refractivity contribution in [3.8, 4) is 0 Å². The summed E-state index contributed by atoms with van der Waals surface area (Å²) in [5, 5.41) is 5.26. The summed E-state index contributed by atoms with van der Waals surface area (Å²) >= 11 is 0. The Morgan fingerprint density at radius 3 is 1.55 bits per heavy atom. The van der Waals surface area contributed by atoms with Crippen LogP contribution in [0.4, 0.5) is 0 Å². The standard InChI is InChI=1S/C5H12N4O2/c6-3-1-5(8-10,9-11)2-4-7/h1-4,6-7H2. The molecule has 0 spiro atoms. The lowest BCUT2D eigenvalue weighted by Gasteiger charge is -2.15. The first-order valence-corrected chi connectivity index (χ1v) is 3.34. The molecule has 0 heterocycles. The van der Waals surface area contributed by atoms with Crippen LogP contribution in [-0.4, -0.2) is 18.8 Å². The Morgan fingerprint density at radius 2 is 1.36 bits per heavy atom. The molecule has 0 amide bonds. The summed E-state index contributed by atoms with van der Waals surface area (Å²) in [6.45, 7) is 0.412. The minimum atomic E-state index is -1.43. The number of rotatable bonds is 6. The summed E-state index contributed by atoms with van der Waals surface area (Å²) in [6, 6.07) is 0. The van der Waals surface area contributed by atoms with Crippen molar-refractivity contribution in [1.29, 1.82) is 0 Å². The van der Waals surface area contributed by atoms with Gasteiger partial charge in [0.05, 0.1) is 0 Å². The molecule has 0 radical (unpaired) electrons. The van der Waals surface area contributed by atoms with Gasteiger partial charge in [0, 0.05) is 12.8 Å². The number of nitroso groups, excluding NO2 is 2. The van der Waals surface area contributed by atoms with Gasteiger partial charge >= 0.3 is 0 Å². The second-order valence-electron chi connectivity index (χ2n) is 2.24. The van der Waals surface area contributed by atoms with Crippen molar-refractivity contribution >= 4 is 0 Å². The maximum atomic E-state index is 10.2. The first kappa shape index (κ1) is 10.1. The molecule has 0 bridgehead atoms. The van der Waals surface area contributed by atoms with Gasteiger partial charge in [-0.05, 0) is 23.4 Å². The highest BCUT2D eigenvalue weighted by molar-refractivity contribution is 4.84. The lowest BCUT2D eigenvalue weighted by Crippen LogP contribution is -2.29. The second kappa shape index (κ2) is 4.86. The van der Waals surface area contributed by atoms with Crippen molar-refractivity contribution in [2.24, 2.45) is 21.8 Å². The van der Waals surface area contributed by atoms with Crippen LogP contribution in [0.3, 0.4) is 0 Å². The minimum Gasteiger partial charge on any atom is -0.330 e. The van der Waals surface area contributed by atoms with Crippen LogP contribution in [0.15, 0.2) is 10.4 Å². The molecule has 0 aliphatic carbocycles. The predicted octanol–water partition coefficient (Wildman–Crippen LogP) is -0.0869. The lowest BCUT2D eigenvalue weighted by atomic mass is 10.0. The molecule has 0 aromatic heterocycles. The maximum Gasteiger partial charge on any atom is 0.234 e. The Labute approximate surface area is 64.3 Å². The van der Waals surface area contributed by atoms with E-state index < -0.39 is 5.66 Å². The fraction of sp³-hybridized carbons (Fsp3) is 1.00. The molecule has 4 N–H and O–H groups in total. The van der Waals surface area contributed by atoms with Crippen LogP contribution >= 0.6 is 0 Å². The first-order valence-electron chi connectivity index (χ1n) is 3.34. The average Bonchev–Trinajstić information content (AvgIpc) is 2.04. The molecule has 11 heavy (non-hydrogen) atoms. The van der Waals surface area contributed by atoms with E-state index in [0.717, 1.165) is 0 Å². The molecule has 0 unspecified atom stereocenters. The van der Waals surface area contributed by atoms with Gasteiger partial charge in [0.15, 0.2) is 0 Å². The highest BCUT2D eigenvalue weighted by Crippen LogP contribution is 2.20. The fourth-order valence-electron chi connectivity index (χ4n) is 0.787. The molecule has 0 aromatic carbocycles. The third-order valence-electron chi connectivity index (χ3n) is 1.43. The summed E-state index contributed by atoms with van der Waals surface area (Å²) in [5.41, 5.74) is 8.89. The van der Waals surface area contributed by atoms with Gasteiger partial charge in [-0.25, -0.2) is 0 Å². The molecule has 64 valence electrons. The summed E-state index contributed by atoms with van der Waals surface area (Å²) in [6.07, 6.45) is 0.328. The molecule has 0 saturated carbocycles. The molecule has 0 aliphatic heterocycles. The van der Waals surface area contributed by atoms with Crippen LogP contribution in [0.2, 0.25) is 0 Å². The Bertz CT molecular complexity index is 122. The minimum absolute atomic E-state index is 0.164. The fourth-order valence-corrected chi connectivity index (χ4v) is 0.787. The van der Waals surface area contributed by atoms with Gasteiger partial charge < -0.3 is 11.5 Å². The Morgan fingerprint density at radius 1 is 1.00 bits per heavy atom. The van der Waals surface area contributed by atoms with E-state index in [1.54, 1.807) is 0 Å². The molecule has 0 aromatic rings. The molecular formula is C5H12N4O2. The number of hydrogen-bond acceptors (Lipinski definition) is 6. The summed E-state index contributed by atoms with van der Waals surface area (Å²) in [4.78, 5) is 20.4. The van der Waals surface area contributed by atoms with Crippen LogP contribution in [0.5, 0.6) is 0 Å². The van der Waals surface area contributed by atoms with Crippen LogP contribution in [0.25, 0.3) is 0 Å². The van der Waals surface area contributed by atoms with Gasteiger partial charge in [0.25, 0.3) is 0 Å². The van der Waals surface area contributed by atoms with E-state index in [1.165, 1.54) is 0 Å². The number of hydrogen-bond donors (Lipinski definition) is 2. The van der Waals surface area contributed by atoms with Crippen molar-refractivity contribution < 1.29 is 0 Å². The zero-order chi connectivity index (χ0) is 8.74. The van der Waals surface area contributed by atoms with Crippen LogP contribution in [-0.2, 0) is 0 Å². The van der Waals surface area contributed by atoms with E-state index in [1.807, 2.05) is 0 Å². The largest absolute Gasteiger partial charge is 0.330 e. The van der Waals surface area contributed by atoms with Gasteiger partial charge in [0.1, 0.15) is 0 Å². The third kappa shape index (κ3) is 2.69. The topological polar surface area (TPSA) is 111 Å². The highest BCUT2D eigenvalue weighted by Gasteiger charge is 2.31. The van der Waals surface area contributed by atoms with E-state index in [2.05, 4.69) is 10.4 Å². The van der Waals surface area contributed by atoms with Gasteiger partial charge in [-0.15, -0.1) is 9.81 Å².